The Bertz CT molecular complexity index is 458. The number of nitrogens with zero attached hydrogens (tertiary/aromatic N) is 1. The molecule has 0 saturated carbocycles. The summed E-state index contributed by atoms with van der Waals surface area (Å²) in [6, 6.07) is 5.07. The third-order valence-electron chi connectivity index (χ3n) is 4.05. The molecule has 1 aliphatic heterocycles. The molecule has 1 atom stereocenters. The van der Waals surface area contributed by atoms with Crippen LogP contribution in [0.3, 0.4) is 0 Å². The van der Waals surface area contributed by atoms with Crippen molar-refractivity contribution in [1.82, 2.24) is 10.2 Å². The minimum Gasteiger partial charge on any atom is -0.314 e. The summed E-state index contributed by atoms with van der Waals surface area (Å²) in [4.78, 5) is 2.46. The number of piperazine rings is 1. The molecule has 1 saturated heterocycles. The molecule has 1 aromatic carbocycles. The van der Waals surface area contributed by atoms with Gasteiger partial charge in [-0.1, -0.05) is 30.2 Å². The summed E-state index contributed by atoms with van der Waals surface area (Å²) in [6.07, 6.45) is 6.34. The maximum atomic E-state index is 13.3. The lowest BCUT2D eigenvalue weighted by Gasteiger charge is -2.35. The monoisotopic (exact) mass is 310 g/mol. The summed E-state index contributed by atoms with van der Waals surface area (Å²) in [6.45, 7) is 7.80. The van der Waals surface area contributed by atoms with Crippen LogP contribution in [-0.2, 0) is 0 Å². The molecule has 116 valence electrons. The van der Waals surface area contributed by atoms with E-state index >= 15 is 0 Å². The first-order chi connectivity index (χ1) is 10.2. The first-order valence-corrected chi connectivity index (χ1v) is 8.11. The molecule has 1 aliphatic rings. The molecule has 2 nitrogen and oxygen atoms in total. The van der Waals surface area contributed by atoms with Gasteiger partial charge >= 0.3 is 0 Å². The van der Waals surface area contributed by atoms with Gasteiger partial charge < -0.3 is 5.32 Å². The van der Waals surface area contributed by atoms with Crippen molar-refractivity contribution in [3.05, 3.63) is 47.3 Å². The predicted octanol–water partition coefficient (Wildman–Crippen LogP) is 4.17. The summed E-state index contributed by atoms with van der Waals surface area (Å²) >= 11 is 6.29. The standard InChI is InChI=1S/C17H24ClFN2/c1-2-3-4-5-6-17(21-11-9-20-10-12-21)15-8-7-14(19)13-16(15)18/h2,7-8,13,17,20H,1,3-6,9-12H2/t17-/m1/s1. The number of hydrogen-bond acceptors (Lipinski definition) is 2. The normalized spacial score (nSPS) is 17.6. The van der Waals surface area contributed by atoms with Crippen molar-refractivity contribution in [3.8, 4) is 0 Å². The number of rotatable bonds is 7. The molecule has 0 bridgehead atoms. The zero-order valence-electron chi connectivity index (χ0n) is 12.5. The molecule has 2 rings (SSSR count). The smallest absolute Gasteiger partial charge is 0.124 e. The van der Waals surface area contributed by atoms with Gasteiger partial charge in [-0.05, 0) is 37.0 Å². The van der Waals surface area contributed by atoms with Gasteiger partial charge in [0.25, 0.3) is 0 Å². The molecule has 1 aromatic rings. The predicted molar refractivity (Wildman–Crippen MR) is 87.3 cm³/mol. The van der Waals surface area contributed by atoms with E-state index in [-0.39, 0.29) is 11.9 Å². The number of halogens is 2. The van der Waals surface area contributed by atoms with Crippen molar-refractivity contribution < 1.29 is 4.39 Å². The summed E-state index contributed by atoms with van der Waals surface area (Å²) in [5, 5.41) is 3.92. The van der Waals surface area contributed by atoms with Crippen LogP contribution < -0.4 is 5.32 Å². The first kappa shape index (κ1) is 16.5. The molecule has 0 amide bonds. The number of allylic oxidation sites excluding steroid dienone is 1. The molecular weight excluding hydrogens is 287 g/mol. The van der Waals surface area contributed by atoms with Crippen molar-refractivity contribution >= 4 is 11.6 Å². The third-order valence-corrected chi connectivity index (χ3v) is 4.38. The highest BCUT2D eigenvalue weighted by Gasteiger charge is 2.23. The van der Waals surface area contributed by atoms with Crippen LogP contribution >= 0.6 is 11.6 Å². The van der Waals surface area contributed by atoms with E-state index in [4.69, 9.17) is 11.6 Å². The molecule has 0 radical (unpaired) electrons. The van der Waals surface area contributed by atoms with E-state index in [9.17, 15) is 4.39 Å². The van der Waals surface area contributed by atoms with E-state index in [0.29, 0.717) is 5.02 Å². The Kier molecular flexibility index (Phi) is 6.68. The Morgan fingerprint density at radius 3 is 2.76 bits per heavy atom. The fraction of sp³-hybridized carbons (Fsp3) is 0.529. The second kappa shape index (κ2) is 8.52. The summed E-state index contributed by atoms with van der Waals surface area (Å²) in [5.41, 5.74) is 1.05. The van der Waals surface area contributed by atoms with Crippen LogP contribution in [0.1, 0.15) is 37.3 Å². The first-order valence-electron chi connectivity index (χ1n) is 7.73. The van der Waals surface area contributed by atoms with Gasteiger partial charge in [-0.3, -0.25) is 4.90 Å². The summed E-state index contributed by atoms with van der Waals surface area (Å²) in [5.74, 6) is -0.269. The maximum Gasteiger partial charge on any atom is 0.124 e. The average molecular weight is 311 g/mol. The molecule has 4 heteroatoms. The number of unbranched alkanes of at least 4 members (excludes halogenated alkanes) is 2. The number of nitrogens with one attached hydrogen (secondary N) is 1. The SMILES string of the molecule is C=CCCCC[C@H](c1ccc(F)cc1Cl)N1CCNCC1. The molecule has 0 spiro atoms. The topological polar surface area (TPSA) is 15.3 Å². The third kappa shape index (κ3) is 4.80. The van der Waals surface area contributed by atoms with Crippen molar-refractivity contribution in [2.75, 3.05) is 26.2 Å². The molecule has 0 aliphatic carbocycles. The summed E-state index contributed by atoms with van der Waals surface area (Å²) < 4.78 is 13.3. The number of benzene rings is 1. The van der Waals surface area contributed by atoms with Crippen LogP contribution in [0.25, 0.3) is 0 Å². The Labute approximate surface area is 132 Å². The molecule has 1 fully saturated rings. The maximum absolute atomic E-state index is 13.3. The van der Waals surface area contributed by atoms with E-state index < -0.39 is 0 Å². The van der Waals surface area contributed by atoms with Crippen LogP contribution in [0.4, 0.5) is 4.39 Å². The van der Waals surface area contributed by atoms with Gasteiger partial charge in [0.15, 0.2) is 0 Å². The van der Waals surface area contributed by atoms with Crippen LogP contribution in [0.5, 0.6) is 0 Å². The van der Waals surface area contributed by atoms with Gasteiger partial charge in [0.05, 0.1) is 0 Å². The minimum atomic E-state index is -0.269. The van der Waals surface area contributed by atoms with E-state index in [1.807, 2.05) is 12.1 Å². The van der Waals surface area contributed by atoms with E-state index in [1.54, 1.807) is 0 Å². The van der Waals surface area contributed by atoms with E-state index in [1.165, 1.54) is 12.1 Å². The minimum absolute atomic E-state index is 0.269. The summed E-state index contributed by atoms with van der Waals surface area (Å²) in [7, 11) is 0. The van der Waals surface area contributed by atoms with Crippen LogP contribution in [0, 0.1) is 5.82 Å². The highest BCUT2D eigenvalue weighted by atomic mass is 35.5. The molecule has 21 heavy (non-hydrogen) atoms. The Balaban J connectivity index is 2.11. The van der Waals surface area contributed by atoms with Gasteiger partial charge in [-0.25, -0.2) is 4.39 Å². The molecular formula is C17H24ClFN2. The van der Waals surface area contributed by atoms with E-state index in [0.717, 1.165) is 57.4 Å². The van der Waals surface area contributed by atoms with Crippen LogP contribution in [0.15, 0.2) is 30.9 Å². The van der Waals surface area contributed by atoms with Crippen LogP contribution in [-0.4, -0.2) is 31.1 Å². The average Bonchev–Trinajstić information content (AvgIpc) is 2.49. The lowest BCUT2D eigenvalue weighted by Crippen LogP contribution is -2.45. The molecule has 0 aromatic heterocycles. The van der Waals surface area contributed by atoms with Crippen LogP contribution in [0.2, 0.25) is 5.02 Å². The van der Waals surface area contributed by atoms with Crippen molar-refractivity contribution in [1.29, 1.82) is 0 Å². The quantitative estimate of drug-likeness (QED) is 0.600. The second-order valence-electron chi connectivity index (χ2n) is 5.54. The van der Waals surface area contributed by atoms with Crippen molar-refractivity contribution in [3.63, 3.8) is 0 Å². The lowest BCUT2D eigenvalue weighted by molar-refractivity contribution is 0.163. The molecule has 1 heterocycles. The Morgan fingerprint density at radius 1 is 1.33 bits per heavy atom. The van der Waals surface area contributed by atoms with Gasteiger partial charge in [-0.2, -0.15) is 0 Å². The molecule has 0 unspecified atom stereocenters. The van der Waals surface area contributed by atoms with Crippen molar-refractivity contribution in [2.24, 2.45) is 0 Å². The fourth-order valence-electron chi connectivity index (χ4n) is 2.93. The van der Waals surface area contributed by atoms with Gasteiger partial charge in [-0.15, -0.1) is 6.58 Å². The Morgan fingerprint density at radius 2 is 2.10 bits per heavy atom. The fourth-order valence-corrected chi connectivity index (χ4v) is 3.22. The van der Waals surface area contributed by atoms with Gasteiger partial charge in [0, 0.05) is 37.2 Å². The highest BCUT2D eigenvalue weighted by Crippen LogP contribution is 2.32. The zero-order chi connectivity index (χ0) is 15.1. The zero-order valence-corrected chi connectivity index (χ0v) is 13.2. The lowest BCUT2D eigenvalue weighted by atomic mass is 9.98. The van der Waals surface area contributed by atoms with Gasteiger partial charge in [0.2, 0.25) is 0 Å². The number of hydrogen-bond donors (Lipinski definition) is 1. The second-order valence-corrected chi connectivity index (χ2v) is 5.95. The van der Waals surface area contributed by atoms with Gasteiger partial charge in [0.1, 0.15) is 5.82 Å². The molecule has 1 N–H and O–H groups in total. The van der Waals surface area contributed by atoms with E-state index in [2.05, 4.69) is 16.8 Å². The Hall–Kier alpha value is -0.900. The highest BCUT2D eigenvalue weighted by molar-refractivity contribution is 6.31. The van der Waals surface area contributed by atoms with Crippen molar-refractivity contribution in [2.45, 2.75) is 31.7 Å². The largest absolute Gasteiger partial charge is 0.314 e.